The molecule has 3 heteroatoms. The van der Waals surface area contributed by atoms with Crippen molar-refractivity contribution in [3.63, 3.8) is 0 Å². The Morgan fingerprint density at radius 2 is 0.894 bits per heavy atom. The number of imidazole rings is 1. The Morgan fingerprint density at radius 1 is 0.383 bits per heavy atom. The van der Waals surface area contributed by atoms with Crippen LogP contribution in [0.25, 0.3) is 93.2 Å². The minimum Gasteiger partial charge on any atom is -0.268 e. The lowest BCUT2D eigenvalue weighted by molar-refractivity contribution is 1.13. The molecule has 8 aromatic carbocycles. The van der Waals surface area contributed by atoms with Crippen LogP contribution < -0.4 is 5.56 Å². The molecule has 0 fully saturated rings. The minimum absolute atomic E-state index is 0.0451. The summed E-state index contributed by atoms with van der Waals surface area (Å²) in [4.78, 5) is 19.3. The Balaban J connectivity index is 1.21. The molecule has 0 saturated heterocycles. The smallest absolute Gasteiger partial charge is 0.264 e. The molecule has 0 bridgehead atoms. The van der Waals surface area contributed by atoms with Gasteiger partial charge in [0.25, 0.3) is 5.56 Å². The molecule has 2 aromatic heterocycles. The molecule has 3 nitrogen and oxygen atoms in total. The topological polar surface area (TPSA) is 34.4 Å². The van der Waals surface area contributed by atoms with Crippen molar-refractivity contribution in [1.82, 2.24) is 9.38 Å². The predicted octanol–water partition coefficient (Wildman–Crippen LogP) is 10.9. The number of fused-ring (bicyclic) bond motifs is 8. The lowest BCUT2D eigenvalue weighted by Gasteiger charge is -2.13. The summed E-state index contributed by atoms with van der Waals surface area (Å²) in [6.45, 7) is 0. The molecule has 0 radical (unpaired) electrons. The van der Waals surface area contributed by atoms with Gasteiger partial charge in [0.15, 0.2) is 0 Å². The number of nitrogens with zero attached hydrogens (tertiary/aromatic N) is 2. The summed E-state index contributed by atoms with van der Waals surface area (Å²) < 4.78 is 1.81. The zero-order valence-electron chi connectivity index (χ0n) is 25.3. The van der Waals surface area contributed by atoms with Crippen LogP contribution in [-0.2, 0) is 0 Å². The van der Waals surface area contributed by atoms with Crippen LogP contribution in [0.1, 0.15) is 0 Å². The Kier molecular flexibility index (Phi) is 5.43. The number of pyridine rings is 1. The largest absolute Gasteiger partial charge is 0.268 e. The molecule has 0 atom stereocenters. The van der Waals surface area contributed by atoms with Crippen LogP contribution in [0.15, 0.2) is 163 Å². The maximum absolute atomic E-state index is 14.0. The summed E-state index contributed by atoms with van der Waals surface area (Å²) >= 11 is 0. The molecule has 10 aromatic rings. The first-order chi connectivity index (χ1) is 23.2. The third-order valence-electron chi connectivity index (χ3n) is 9.74. The van der Waals surface area contributed by atoms with Gasteiger partial charge in [-0.15, -0.1) is 0 Å². The molecule has 0 aliphatic rings. The summed E-state index contributed by atoms with van der Waals surface area (Å²) in [5.74, 6) is 0.665. The van der Waals surface area contributed by atoms with Crippen molar-refractivity contribution >= 4 is 59.5 Å². The monoisotopic (exact) mass is 598 g/mol. The summed E-state index contributed by atoms with van der Waals surface area (Å²) in [5, 5.41) is 10.3. The number of hydrogen-bond acceptors (Lipinski definition) is 2. The first-order valence-corrected chi connectivity index (χ1v) is 15.9. The molecule has 0 unspecified atom stereocenters. The third-order valence-corrected chi connectivity index (χ3v) is 9.74. The zero-order chi connectivity index (χ0) is 31.1. The van der Waals surface area contributed by atoms with Gasteiger partial charge in [-0.3, -0.25) is 9.20 Å². The Morgan fingerprint density at radius 3 is 1.60 bits per heavy atom. The number of hydrogen-bond donors (Lipinski definition) is 0. The van der Waals surface area contributed by atoms with Gasteiger partial charge >= 0.3 is 0 Å². The highest BCUT2D eigenvalue weighted by atomic mass is 16.1. The van der Waals surface area contributed by atoms with E-state index in [1.807, 2.05) is 59.0 Å². The molecular weight excluding hydrogens is 572 g/mol. The molecule has 10 rings (SSSR count). The van der Waals surface area contributed by atoms with Crippen molar-refractivity contribution in [2.24, 2.45) is 0 Å². The van der Waals surface area contributed by atoms with Gasteiger partial charge in [0, 0.05) is 21.9 Å². The van der Waals surface area contributed by atoms with Gasteiger partial charge in [-0.25, -0.2) is 4.98 Å². The highest BCUT2D eigenvalue weighted by molar-refractivity contribution is 6.25. The maximum Gasteiger partial charge on any atom is 0.264 e. The van der Waals surface area contributed by atoms with Crippen LogP contribution in [0.4, 0.5) is 0 Å². The molecule has 218 valence electrons. The molecular formula is C44H26N2O. The fourth-order valence-corrected chi connectivity index (χ4v) is 7.59. The van der Waals surface area contributed by atoms with Crippen molar-refractivity contribution in [2.45, 2.75) is 0 Å². The van der Waals surface area contributed by atoms with Gasteiger partial charge in [0.05, 0.1) is 11.0 Å². The highest BCUT2D eigenvalue weighted by Crippen LogP contribution is 2.40. The van der Waals surface area contributed by atoms with E-state index in [-0.39, 0.29) is 5.56 Å². The second-order valence-electron chi connectivity index (χ2n) is 12.3. The van der Waals surface area contributed by atoms with E-state index in [9.17, 15) is 4.79 Å². The van der Waals surface area contributed by atoms with Crippen molar-refractivity contribution in [3.05, 3.63) is 168 Å². The van der Waals surface area contributed by atoms with Crippen LogP contribution in [-0.4, -0.2) is 9.38 Å². The van der Waals surface area contributed by atoms with Gasteiger partial charge in [0.2, 0.25) is 0 Å². The fraction of sp³-hybridized carbons (Fsp3) is 0. The normalized spacial score (nSPS) is 11.9. The first kappa shape index (κ1) is 26.0. The molecule has 0 aliphatic carbocycles. The quantitative estimate of drug-likeness (QED) is 0.190. The number of benzene rings is 8. The number of rotatable bonds is 3. The van der Waals surface area contributed by atoms with Crippen molar-refractivity contribution in [2.75, 3.05) is 0 Å². The Hall–Kier alpha value is -6.32. The third kappa shape index (κ3) is 3.74. The van der Waals surface area contributed by atoms with Crippen molar-refractivity contribution in [3.8, 4) is 33.6 Å². The van der Waals surface area contributed by atoms with E-state index in [0.717, 1.165) is 49.6 Å². The van der Waals surface area contributed by atoms with E-state index in [1.165, 1.54) is 32.3 Å². The summed E-state index contributed by atoms with van der Waals surface area (Å²) in [5.41, 5.74) is 6.92. The van der Waals surface area contributed by atoms with Crippen molar-refractivity contribution in [1.29, 1.82) is 0 Å². The number of aromatic nitrogens is 2. The standard InChI is InChI=1S/C44H26N2O/c47-44-39-20-9-8-19-36(39)38-24-23-31(41-42(38)46(44)43(45-41)27-11-2-1-3-12-27)30-14-10-13-28(25-30)29-21-22-37-34-17-5-4-15-32(34)33-16-6-7-18-35(33)40(37)26-29/h1-26H. The van der Waals surface area contributed by atoms with E-state index < -0.39 is 0 Å². The lowest BCUT2D eigenvalue weighted by Crippen LogP contribution is -2.14. The van der Waals surface area contributed by atoms with Gasteiger partial charge in [-0.1, -0.05) is 140 Å². The van der Waals surface area contributed by atoms with E-state index >= 15 is 0 Å². The Bertz CT molecular complexity index is 2890. The average Bonchev–Trinajstić information content (AvgIpc) is 3.55. The maximum atomic E-state index is 14.0. The zero-order valence-corrected chi connectivity index (χ0v) is 25.3. The van der Waals surface area contributed by atoms with Crippen LogP contribution in [0.3, 0.4) is 0 Å². The fourth-order valence-electron chi connectivity index (χ4n) is 7.59. The molecule has 0 aliphatic heterocycles. The molecule has 0 spiro atoms. The average molecular weight is 599 g/mol. The van der Waals surface area contributed by atoms with Crippen molar-refractivity contribution < 1.29 is 0 Å². The molecule has 2 heterocycles. The van der Waals surface area contributed by atoms with Gasteiger partial charge in [-0.2, -0.15) is 0 Å². The van der Waals surface area contributed by atoms with Crippen LogP contribution in [0.2, 0.25) is 0 Å². The van der Waals surface area contributed by atoms with Gasteiger partial charge in [-0.05, 0) is 72.6 Å². The molecule has 47 heavy (non-hydrogen) atoms. The summed E-state index contributed by atoms with van der Waals surface area (Å²) in [6, 6.07) is 55.1. The predicted molar refractivity (Wildman–Crippen MR) is 196 cm³/mol. The summed E-state index contributed by atoms with van der Waals surface area (Å²) in [6.07, 6.45) is 0. The van der Waals surface area contributed by atoms with Crippen LogP contribution in [0, 0.1) is 0 Å². The van der Waals surface area contributed by atoms with Crippen LogP contribution in [0.5, 0.6) is 0 Å². The molecule has 0 N–H and O–H groups in total. The van der Waals surface area contributed by atoms with Gasteiger partial charge < -0.3 is 0 Å². The SMILES string of the molecule is O=c1c2ccccc2c2ccc(-c3cccc(-c4ccc5c6ccccc6c6ccccc6c5c4)c3)c3nc(-c4ccccc4)n1c32. The lowest BCUT2D eigenvalue weighted by atomic mass is 9.91. The van der Waals surface area contributed by atoms with E-state index in [2.05, 4.69) is 103 Å². The highest BCUT2D eigenvalue weighted by Gasteiger charge is 2.21. The van der Waals surface area contributed by atoms with E-state index in [4.69, 9.17) is 4.98 Å². The second-order valence-corrected chi connectivity index (χ2v) is 12.3. The Labute approximate surface area is 269 Å². The summed E-state index contributed by atoms with van der Waals surface area (Å²) in [7, 11) is 0. The van der Waals surface area contributed by atoms with Crippen LogP contribution >= 0.6 is 0 Å². The second kappa shape index (κ2) is 9.84. The first-order valence-electron chi connectivity index (χ1n) is 15.9. The molecule has 0 saturated carbocycles. The minimum atomic E-state index is -0.0451. The van der Waals surface area contributed by atoms with E-state index in [1.54, 1.807) is 0 Å². The van der Waals surface area contributed by atoms with Gasteiger partial charge in [0.1, 0.15) is 5.82 Å². The van der Waals surface area contributed by atoms with E-state index in [0.29, 0.717) is 11.2 Å². The molecule has 0 amide bonds.